The highest BCUT2D eigenvalue weighted by Crippen LogP contribution is 2.54. The van der Waals surface area contributed by atoms with E-state index in [4.69, 9.17) is 0 Å². The van der Waals surface area contributed by atoms with Gasteiger partial charge in [0.05, 0.1) is 11.4 Å². The Labute approximate surface area is 520 Å². The van der Waals surface area contributed by atoms with Crippen LogP contribution in [0.15, 0.2) is 346 Å². The van der Waals surface area contributed by atoms with Crippen LogP contribution in [0, 0.1) is 0 Å². The number of nitrogens with zero attached hydrogens (tertiary/aromatic N) is 2. The molecule has 15 aromatic rings. The monoisotopic (exact) mass is 1130 g/mol. The lowest BCUT2D eigenvalue weighted by molar-refractivity contribution is 1.25. The molecule has 0 atom stereocenters. The van der Waals surface area contributed by atoms with Gasteiger partial charge in [-0.25, -0.2) is 0 Å². The minimum atomic E-state index is -0.174. The number of fused-ring (bicyclic) bond motifs is 6. The molecule has 0 aliphatic carbocycles. The largest absolute Gasteiger partial charge is 0.310 e. The number of rotatable bonds is 10. The molecule has 3 heteroatoms. The summed E-state index contributed by atoms with van der Waals surface area (Å²) in [6.45, 7) is -0.174. The molecular weight excluding hydrogens is 1070 g/mol. The SMILES string of the molecule is c1ccc(-c2ccc3c(c2)B2c4ccc(-c5ccc6cc7ccccc7cc6c5)cc4N(c4c(-c5ccccc5)cc(-c5ccccc5)cc4-c4ccccc4)c4cccc(c42)N3c2c(-c3ccccc3)cc(-c3ccccc3)cc2-c2ccccc2)cc1. The second-order valence-electron chi connectivity index (χ2n) is 23.5. The zero-order valence-corrected chi connectivity index (χ0v) is 48.9. The lowest BCUT2D eigenvalue weighted by Gasteiger charge is -2.46. The van der Waals surface area contributed by atoms with Gasteiger partial charge < -0.3 is 9.80 Å². The summed E-state index contributed by atoms with van der Waals surface area (Å²) >= 11 is 0. The van der Waals surface area contributed by atoms with Crippen LogP contribution in [0.1, 0.15) is 0 Å². The summed E-state index contributed by atoms with van der Waals surface area (Å²) in [6.07, 6.45) is 0. The molecule has 0 fully saturated rings. The fourth-order valence-corrected chi connectivity index (χ4v) is 14.2. The van der Waals surface area contributed by atoms with Gasteiger partial charge in [0.2, 0.25) is 0 Å². The third kappa shape index (κ3) is 9.05. The van der Waals surface area contributed by atoms with Crippen molar-refractivity contribution in [2.45, 2.75) is 0 Å². The van der Waals surface area contributed by atoms with Crippen LogP contribution in [0.5, 0.6) is 0 Å². The molecule has 2 heterocycles. The normalized spacial score (nSPS) is 12.2. The molecule has 17 rings (SSSR count). The van der Waals surface area contributed by atoms with Crippen molar-refractivity contribution < 1.29 is 0 Å². The zero-order chi connectivity index (χ0) is 58.8. The van der Waals surface area contributed by atoms with Crippen LogP contribution >= 0.6 is 0 Å². The first-order valence-electron chi connectivity index (χ1n) is 30.8. The van der Waals surface area contributed by atoms with Crippen LogP contribution in [-0.2, 0) is 0 Å². The molecule has 0 aromatic heterocycles. The smallest absolute Gasteiger partial charge is 0.252 e. The Bertz CT molecular complexity index is 5050. The van der Waals surface area contributed by atoms with E-state index in [0.717, 1.165) is 95.3 Å². The van der Waals surface area contributed by atoms with Crippen LogP contribution in [0.2, 0.25) is 0 Å². The summed E-state index contributed by atoms with van der Waals surface area (Å²) in [5.41, 5.74) is 29.0. The van der Waals surface area contributed by atoms with Crippen LogP contribution in [0.4, 0.5) is 34.1 Å². The Hall–Kier alpha value is -11.5. The highest BCUT2D eigenvalue weighted by atomic mass is 15.2. The van der Waals surface area contributed by atoms with Crippen molar-refractivity contribution in [3.8, 4) is 89.0 Å². The molecule has 0 N–H and O–H groups in total. The minimum Gasteiger partial charge on any atom is -0.310 e. The third-order valence-electron chi connectivity index (χ3n) is 18.4. The first kappa shape index (κ1) is 51.9. The van der Waals surface area contributed by atoms with E-state index in [-0.39, 0.29) is 6.71 Å². The highest BCUT2D eigenvalue weighted by Gasteiger charge is 2.45. The van der Waals surface area contributed by atoms with E-state index in [1.807, 2.05) is 0 Å². The maximum absolute atomic E-state index is 2.65. The summed E-state index contributed by atoms with van der Waals surface area (Å²) < 4.78 is 0. The molecule has 15 aromatic carbocycles. The molecule has 0 saturated heterocycles. The standard InChI is InChI=1S/C86H57BN2/c1-8-25-58(26-9-1)69-46-48-80-79(56-69)87-78-47-45-70(67-43-44-68-49-65-39-22-23-40-66(65)50-71(68)51-67)57-83(78)89(86-76(63-35-18-6-19-36-63)54-73(60-29-12-3-13-30-60)55-77(86)64-37-20-7-21-38-64)82-42-24-41-81(84(82)87)88(80)85-74(61-31-14-4-15-32-61)52-72(59-27-10-2-11-28-59)53-75(85)62-33-16-5-17-34-62/h1-57H. The van der Waals surface area contributed by atoms with Gasteiger partial charge in [-0.3, -0.25) is 0 Å². The molecule has 0 spiro atoms. The van der Waals surface area contributed by atoms with Crippen LogP contribution < -0.4 is 26.2 Å². The fourth-order valence-electron chi connectivity index (χ4n) is 14.2. The molecule has 2 aliphatic rings. The lowest BCUT2D eigenvalue weighted by Crippen LogP contribution is -2.61. The summed E-state index contributed by atoms with van der Waals surface area (Å²) in [7, 11) is 0. The summed E-state index contributed by atoms with van der Waals surface area (Å²) in [5.74, 6) is 0. The molecule has 414 valence electrons. The lowest BCUT2D eigenvalue weighted by atomic mass is 9.33. The van der Waals surface area contributed by atoms with Gasteiger partial charge in [0.15, 0.2) is 0 Å². The van der Waals surface area contributed by atoms with E-state index in [1.54, 1.807) is 0 Å². The summed E-state index contributed by atoms with van der Waals surface area (Å²) in [4.78, 5) is 5.28. The molecule has 0 amide bonds. The molecule has 2 aliphatic heterocycles. The van der Waals surface area contributed by atoms with Crippen LogP contribution in [-0.4, -0.2) is 6.71 Å². The first-order valence-corrected chi connectivity index (χ1v) is 30.8. The maximum atomic E-state index is 2.65. The van der Waals surface area contributed by atoms with Gasteiger partial charge in [-0.2, -0.15) is 0 Å². The minimum absolute atomic E-state index is 0.174. The van der Waals surface area contributed by atoms with Gasteiger partial charge in [0.1, 0.15) is 0 Å². The van der Waals surface area contributed by atoms with Gasteiger partial charge in [0.25, 0.3) is 6.71 Å². The van der Waals surface area contributed by atoms with Gasteiger partial charge in [0, 0.05) is 45.0 Å². The Morgan fingerprint density at radius 1 is 0.180 bits per heavy atom. The van der Waals surface area contributed by atoms with E-state index in [9.17, 15) is 0 Å². The summed E-state index contributed by atoms with van der Waals surface area (Å²) in [5, 5.41) is 4.93. The van der Waals surface area contributed by atoms with E-state index in [2.05, 4.69) is 356 Å². The Balaban J connectivity index is 1.00. The van der Waals surface area contributed by atoms with E-state index in [0.29, 0.717) is 0 Å². The van der Waals surface area contributed by atoms with Crippen LogP contribution in [0.25, 0.3) is 111 Å². The maximum Gasteiger partial charge on any atom is 0.252 e. The van der Waals surface area contributed by atoms with Crippen molar-refractivity contribution in [2.75, 3.05) is 9.80 Å². The average molecular weight is 1130 g/mol. The van der Waals surface area contributed by atoms with Crippen molar-refractivity contribution in [3.05, 3.63) is 346 Å². The molecule has 2 nitrogen and oxygen atoms in total. The van der Waals surface area contributed by atoms with E-state index >= 15 is 0 Å². The topological polar surface area (TPSA) is 6.48 Å². The second kappa shape index (κ2) is 21.8. The average Bonchev–Trinajstić information content (AvgIpc) is 0.711. The van der Waals surface area contributed by atoms with Crippen molar-refractivity contribution in [3.63, 3.8) is 0 Å². The van der Waals surface area contributed by atoms with E-state index < -0.39 is 0 Å². The second-order valence-corrected chi connectivity index (χ2v) is 23.5. The van der Waals surface area contributed by atoms with Gasteiger partial charge in [-0.1, -0.05) is 279 Å². The molecule has 89 heavy (non-hydrogen) atoms. The zero-order valence-electron chi connectivity index (χ0n) is 48.9. The summed E-state index contributed by atoms with van der Waals surface area (Å²) in [6, 6.07) is 129. The quantitative estimate of drug-likeness (QED) is 0.0995. The van der Waals surface area contributed by atoms with Gasteiger partial charge in [-0.05, 0) is 171 Å². The highest BCUT2D eigenvalue weighted by molar-refractivity contribution is 7.00. The van der Waals surface area contributed by atoms with Crippen molar-refractivity contribution in [1.29, 1.82) is 0 Å². The number of hydrogen-bond donors (Lipinski definition) is 0. The molecule has 0 unspecified atom stereocenters. The number of benzene rings is 15. The molecule has 0 radical (unpaired) electrons. The molecular formula is C86H57BN2. The Morgan fingerprint density at radius 3 is 0.989 bits per heavy atom. The van der Waals surface area contributed by atoms with Crippen molar-refractivity contribution >= 4 is 78.8 Å². The molecule has 0 saturated carbocycles. The number of hydrogen-bond acceptors (Lipinski definition) is 2. The predicted octanol–water partition coefficient (Wildman–Crippen LogP) is 21.4. The van der Waals surface area contributed by atoms with Crippen molar-refractivity contribution in [1.82, 2.24) is 0 Å². The first-order chi connectivity index (χ1) is 44.1. The molecule has 0 bridgehead atoms. The van der Waals surface area contributed by atoms with Gasteiger partial charge >= 0.3 is 0 Å². The van der Waals surface area contributed by atoms with Crippen molar-refractivity contribution in [2.24, 2.45) is 0 Å². The fraction of sp³-hybridized carbons (Fsp3) is 0. The van der Waals surface area contributed by atoms with Gasteiger partial charge in [-0.15, -0.1) is 0 Å². The number of anilines is 6. The third-order valence-corrected chi connectivity index (χ3v) is 18.4. The Kier molecular flexibility index (Phi) is 12.7. The van der Waals surface area contributed by atoms with Crippen LogP contribution in [0.3, 0.4) is 0 Å². The van der Waals surface area contributed by atoms with E-state index in [1.165, 1.54) is 65.8 Å². The predicted molar refractivity (Wildman–Crippen MR) is 379 cm³/mol. The Morgan fingerprint density at radius 2 is 0.528 bits per heavy atom.